The number of aryl methyl sites for hydroxylation is 2. The van der Waals surface area contributed by atoms with Crippen LogP contribution in [-0.2, 0) is 17.8 Å². The van der Waals surface area contributed by atoms with Gasteiger partial charge in [0, 0.05) is 25.1 Å². The highest BCUT2D eigenvalue weighted by Gasteiger charge is 2.10. The minimum Gasteiger partial charge on any atom is -0.328 e. The molecule has 0 radical (unpaired) electrons. The Balaban J connectivity index is 2.23. The van der Waals surface area contributed by atoms with E-state index in [4.69, 9.17) is 10.2 Å². The van der Waals surface area contributed by atoms with E-state index in [1.807, 2.05) is 12.1 Å². The van der Waals surface area contributed by atoms with E-state index in [0.29, 0.717) is 6.04 Å². The first-order valence-electron chi connectivity index (χ1n) is 10.0. The SMILES string of the molecule is CC/C=C/CCc1nc2cc(/C=C/C(=O)NO)ccc2n1CCCNC(C)C. The smallest absolute Gasteiger partial charge is 0.267 e. The van der Waals surface area contributed by atoms with Crippen LogP contribution in [0.3, 0.4) is 0 Å². The van der Waals surface area contributed by atoms with Gasteiger partial charge < -0.3 is 9.88 Å². The lowest BCUT2D eigenvalue weighted by Crippen LogP contribution is -2.24. The van der Waals surface area contributed by atoms with Crippen molar-refractivity contribution >= 4 is 23.0 Å². The van der Waals surface area contributed by atoms with Gasteiger partial charge in [-0.1, -0.05) is 39.0 Å². The number of allylic oxidation sites excluding steroid dienone is 2. The molecule has 28 heavy (non-hydrogen) atoms. The van der Waals surface area contributed by atoms with Crippen LogP contribution in [0.15, 0.2) is 36.4 Å². The van der Waals surface area contributed by atoms with Gasteiger partial charge in [0.2, 0.25) is 0 Å². The van der Waals surface area contributed by atoms with E-state index in [-0.39, 0.29) is 0 Å². The average molecular weight is 385 g/mol. The number of imidazole rings is 1. The number of fused-ring (bicyclic) bond motifs is 1. The third-order valence-corrected chi connectivity index (χ3v) is 4.44. The third kappa shape index (κ3) is 6.62. The molecule has 6 nitrogen and oxygen atoms in total. The van der Waals surface area contributed by atoms with E-state index >= 15 is 0 Å². The number of hydrogen-bond acceptors (Lipinski definition) is 4. The summed E-state index contributed by atoms with van der Waals surface area (Å²) in [6, 6.07) is 6.49. The molecule has 2 aromatic rings. The Kier molecular flexibility index (Phi) is 8.91. The van der Waals surface area contributed by atoms with Gasteiger partial charge in [-0.15, -0.1) is 0 Å². The molecule has 0 aliphatic carbocycles. The number of aromatic nitrogens is 2. The van der Waals surface area contributed by atoms with Crippen LogP contribution >= 0.6 is 0 Å². The van der Waals surface area contributed by atoms with Gasteiger partial charge in [0.1, 0.15) is 5.82 Å². The molecule has 1 aromatic heterocycles. The highest BCUT2D eigenvalue weighted by atomic mass is 16.5. The van der Waals surface area contributed by atoms with E-state index in [0.717, 1.165) is 61.2 Å². The number of amides is 1. The van der Waals surface area contributed by atoms with Crippen molar-refractivity contribution in [2.75, 3.05) is 6.54 Å². The highest BCUT2D eigenvalue weighted by molar-refractivity contribution is 5.91. The van der Waals surface area contributed by atoms with Crippen molar-refractivity contribution in [2.24, 2.45) is 0 Å². The van der Waals surface area contributed by atoms with Crippen LogP contribution in [0, 0.1) is 0 Å². The number of hydrogen-bond donors (Lipinski definition) is 3. The average Bonchev–Trinajstić information content (AvgIpc) is 3.03. The van der Waals surface area contributed by atoms with Crippen molar-refractivity contribution in [3.63, 3.8) is 0 Å². The van der Waals surface area contributed by atoms with Crippen LogP contribution in [0.4, 0.5) is 0 Å². The van der Waals surface area contributed by atoms with Crippen molar-refractivity contribution < 1.29 is 10.0 Å². The van der Waals surface area contributed by atoms with Crippen LogP contribution in [0.1, 0.15) is 51.4 Å². The normalized spacial score (nSPS) is 12.0. The molecule has 6 heteroatoms. The minimum atomic E-state index is -0.549. The highest BCUT2D eigenvalue weighted by Crippen LogP contribution is 2.20. The van der Waals surface area contributed by atoms with Gasteiger partial charge in [0.05, 0.1) is 11.0 Å². The molecular weight excluding hydrogens is 352 g/mol. The Morgan fingerprint density at radius 3 is 2.86 bits per heavy atom. The summed E-state index contributed by atoms with van der Waals surface area (Å²) < 4.78 is 2.31. The van der Waals surface area contributed by atoms with Gasteiger partial charge in [-0.3, -0.25) is 10.0 Å². The maximum absolute atomic E-state index is 11.2. The number of hydroxylamine groups is 1. The lowest BCUT2D eigenvalue weighted by molar-refractivity contribution is -0.124. The first kappa shape index (κ1) is 21.9. The summed E-state index contributed by atoms with van der Waals surface area (Å²) in [5, 5.41) is 12.1. The summed E-state index contributed by atoms with van der Waals surface area (Å²) in [5.74, 6) is 0.543. The zero-order valence-corrected chi connectivity index (χ0v) is 17.1. The van der Waals surface area contributed by atoms with Crippen LogP contribution in [0.2, 0.25) is 0 Å². The van der Waals surface area contributed by atoms with Crippen LogP contribution < -0.4 is 10.8 Å². The summed E-state index contributed by atoms with van der Waals surface area (Å²) in [7, 11) is 0. The summed E-state index contributed by atoms with van der Waals surface area (Å²) in [6.07, 6.45) is 11.3. The molecule has 0 saturated heterocycles. The summed E-state index contributed by atoms with van der Waals surface area (Å²) in [6.45, 7) is 8.35. The Labute approximate surface area is 167 Å². The number of benzene rings is 1. The van der Waals surface area contributed by atoms with Crippen molar-refractivity contribution in [2.45, 2.75) is 59.0 Å². The standard InChI is InChI=1S/C22H32N4O2/c1-4-5-6-7-9-21-24-19-16-18(11-13-22(27)25-28)10-12-20(19)26(21)15-8-14-23-17(2)3/h5-6,10-13,16-17,23,28H,4,7-9,14-15H2,1-3H3,(H,25,27)/b6-5+,13-11+. The third-order valence-electron chi connectivity index (χ3n) is 4.44. The largest absolute Gasteiger partial charge is 0.328 e. The fourth-order valence-electron chi connectivity index (χ4n) is 3.07. The predicted octanol–water partition coefficient (Wildman–Crippen LogP) is 3.84. The first-order chi connectivity index (χ1) is 13.5. The molecule has 1 aromatic carbocycles. The molecule has 152 valence electrons. The van der Waals surface area contributed by atoms with E-state index < -0.39 is 5.91 Å². The van der Waals surface area contributed by atoms with Gasteiger partial charge in [0.15, 0.2) is 0 Å². The van der Waals surface area contributed by atoms with Crippen molar-refractivity contribution in [3.8, 4) is 0 Å². The molecular formula is C22H32N4O2. The molecule has 0 aliphatic heterocycles. The molecule has 0 spiro atoms. The van der Waals surface area contributed by atoms with Crippen molar-refractivity contribution in [3.05, 3.63) is 47.8 Å². The first-order valence-corrected chi connectivity index (χ1v) is 10.0. The maximum Gasteiger partial charge on any atom is 0.267 e. The van der Waals surface area contributed by atoms with Crippen LogP contribution in [-0.4, -0.2) is 33.3 Å². The molecule has 0 fully saturated rings. The zero-order valence-electron chi connectivity index (χ0n) is 17.1. The molecule has 0 atom stereocenters. The molecule has 2 rings (SSSR count). The lowest BCUT2D eigenvalue weighted by Gasteiger charge is -2.11. The Bertz CT molecular complexity index is 821. The van der Waals surface area contributed by atoms with E-state index in [1.54, 1.807) is 11.6 Å². The maximum atomic E-state index is 11.2. The second kappa shape index (κ2) is 11.4. The Hall–Kier alpha value is -2.44. The monoisotopic (exact) mass is 384 g/mol. The Morgan fingerprint density at radius 1 is 1.32 bits per heavy atom. The molecule has 3 N–H and O–H groups in total. The van der Waals surface area contributed by atoms with Gasteiger partial charge in [0.25, 0.3) is 5.91 Å². The van der Waals surface area contributed by atoms with E-state index in [2.05, 4.69) is 48.9 Å². The number of carbonyl (C=O) groups excluding carboxylic acids is 1. The second-order valence-electron chi connectivity index (χ2n) is 7.12. The summed E-state index contributed by atoms with van der Waals surface area (Å²) in [5.41, 5.74) is 4.51. The molecule has 1 amide bonds. The fourth-order valence-corrected chi connectivity index (χ4v) is 3.07. The summed E-state index contributed by atoms with van der Waals surface area (Å²) >= 11 is 0. The molecule has 0 saturated carbocycles. The molecule has 1 heterocycles. The second-order valence-corrected chi connectivity index (χ2v) is 7.12. The number of nitrogens with one attached hydrogen (secondary N) is 2. The lowest BCUT2D eigenvalue weighted by atomic mass is 10.2. The fraction of sp³-hybridized carbons (Fsp3) is 0.455. The molecule has 0 aliphatic rings. The number of carbonyl (C=O) groups is 1. The van der Waals surface area contributed by atoms with Gasteiger partial charge in [-0.05, 0) is 49.6 Å². The number of nitrogens with zero attached hydrogens (tertiary/aromatic N) is 2. The van der Waals surface area contributed by atoms with Crippen molar-refractivity contribution in [1.29, 1.82) is 0 Å². The van der Waals surface area contributed by atoms with Gasteiger partial charge in [-0.2, -0.15) is 0 Å². The van der Waals surface area contributed by atoms with E-state index in [9.17, 15) is 4.79 Å². The summed E-state index contributed by atoms with van der Waals surface area (Å²) in [4.78, 5) is 16.0. The molecule has 0 unspecified atom stereocenters. The van der Waals surface area contributed by atoms with Crippen molar-refractivity contribution in [1.82, 2.24) is 20.3 Å². The van der Waals surface area contributed by atoms with Gasteiger partial charge >= 0.3 is 0 Å². The van der Waals surface area contributed by atoms with Crippen LogP contribution in [0.5, 0.6) is 0 Å². The number of rotatable bonds is 11. The predicted molar refractivity (Wildman–Crippen MR) is 114 cm³/mol. The van der Waals surface area contributed by atoms with Crippen LogP contribution in [0.25, 0.3) is 17.1 Å². The Morgan fingerprint density at radius 2 is 2.14 bits per heavy atom. The van der Waals surface area contributed by atoms with E-state index in [1.165, 1.54) is 6.08 Å². The van der Waals surface area contributed by atoms with Gasteiger partial charge in [-0.25, -0.2) is 10.5 Å². The topological polar surface area (TPSA) is 79.2 Å². The molecule has 0 bridgehead atoms. The minimum absolute atomic E-state index is 0.489. The quantitative estimate of drug-likeness (QED) is 0.181. The zero-order chi connectivity index (χ0) is 20.4.